The molecular formula is C23H30N4O3. The largest absolute Gasteiger partial charge is 0.497 e. The first-order chi connectivity index (χ1) is 14.4. The van der Waals surface area contributed by atoms with Gasteiger partial charge >= 0.3 is 0 Å². The fourth-order valence-electron chi connectivity index (χ4n) is 4.37. The molecule has 0 saturated carbocycles. The molecule has 2 aliphatic rings. The highest BCUT2D eigenvalue weighted by atomic mass is 16.5. The number of aryl methyl sites for hydroxylation is 1. The molecule has 1 aromatic carbocycles. The van der Waals surface area contributed by atoms with E-state index in [1.54, 1.807) is 7.11 Å². The molecule has 0 unspecified atom stereocenters. The molecule has 1 saturated heterocycles. The van der Waals surface area contributed by atoms with Crippen molar-refractivity contribution in [3.8, 4) is 5.75 Å². The number of ether oxygens (including phenoxy) is 2. The van der Waals surface area contributed by atoms with E-state index in [4.69, 9.17) is 14.5 Å². The third-order valence-electron chi connectivity index (χ3n) is 5.74. The predicted octanol–water partition coefficient (Wildman–Crippen LogP) is 2.53. The fourth-order valence-corrected chi connectivity index (χ4v) is 4.37. The highest BCUT2D eigenvalue weighted by Gasteiger charge is 2.30. The summed E-state index contributed by atoms with van der Waals surface area (Å²) < 4.78 is 11.1. The van der Waals surface area contributed by atoms with Gasteiger partial charge in [-0.15, -0.1) is 0 Å². The van der Waals surface area contributed by atoms with Crippen molar-refractivity contribution in [2.24, 2.45) is 0 Å². The highest BCUT2D eigenvalue weighted by molar-refractivity contribution is 5.79. The number of nitrogens with zero attached hydrogens (tertiary/aromatic N) is 4. The predicted molar refractivity (Wildman–Crippen MR) is 115 cm³/mol. The van der Waals surface area contributed by atoms with Crippen molar-refractivity contribution in [3.05, 3.63) is 46.9 Å². The first kappa shape index (κ1) is 20.6. The van der Waals surface area contributed by atoms with Crippen LogP contribution < -0.4 is 9.64 Å². The van der Waals surface area contributed by atoms with Crippen LogP contribution in [0.15, 0.2) is 24.3 Å². The molecule has 0 radical (unpaired) electrons. The van der Waals surface area contributed by atoms with E-state index in [1.807, 2.05) is 36.1 Å². The Labute approximate surface area is 178 Å². The number of aromatic nitrogens is 2. The van der Waals surface area contributed by atoms with Crippen LogP contribution in [0.3, 0.4) is 0 Å². The number of carbonyl (C=O) groups is 1. The molecule has 1 fully saturated rings. The third kappa shape index (κ3) is 4.41. The second-order valence-corrected chi connectivity index (χ2v) is 8.27. The number of anilines is 1. The van der Waals surface area contributed by atoms with Gasteiger partial charge in [-0.05, 0) is 38.5 Å². The Kier molecular flexibility index (Phi) is 5.90. The SMILES string of the molecule is COc1ccc(CC(=O)N2CCc3nc(C)nc(N4C[C@H](C)O[C@@H](C)C4)c3C2)cc1. The lowest BCUT2D eigenvalue weighted by Crippen LogP contribution is -2.47. The first-order valence-corrected chi connectivity index (χ1v) is 10.6. The molecule has 7 heteroatoms. The molecule has 0 aliphatic carbocycles. The van der Waals surface area contributed by atoms with E-state index < -0.39 is 0 Å². The van der Waals surface area contributed by atoms with Gasteiger partial charge in [0.05, 0.1) is 38.0 Å². The van der Waals surface area contributed by atoms with Crippen LogP contribution in [-0.2, 0) is 28.9 Å². The molecule has 1 amide bonds. The minimum Gasteiger partial charge on any atom is -0.497 e. The van der Waals surface area contributed by atoms with Crippen molar-refractivity contribution in [2.45, 2.75) is 52.4 Å². The van der Waals surface area contributed by atoms with Gasteiger partial charge in [-0.1, -0.05) is 12.1 Å². The Morgan fingerprint density at radius 2 is 1.87 bits per heavy atom. The summed E-state index contributed by atoms with van der Waals surface area (Å²) in [6, 6.07) is 7.68. The van der Waals surface area contributed by atoms with E-state index in [9.17, 15) is 4.79 Å². The van der Waals surface area contributed by atoms with Crippen LogP contribution in [-0.4, -0.2) is 59.7 Å². The maximum Gasteiger partial charge on any atom is 0.227 e. The number of amides is 1. The second-order valence-electron chi connectivity index (χ2n) is 8.27. The topological polar surface area (TPSA) is 67.8 Å². The number of morpholine rings is 1. The Hall–Kier alpha value is -2.67. The molecule has 1 aromatic heterocycles. The van der Waals surface area contributed by atoms with Crippen molar-refractivity contribution in [1.29, 1.82) is 0 Å². The number of benzene rings is 1. The molecule has 160 valence electrons. The monoisotopic (exact) mass is 410 g/mol. The molecule has 7 nitrogen and oxygen atoms in total. The summed E-state index contributed by atoms with van der Waals surface area (Å²) in [5, 5.41) is 0. The van der Waals surface area contributed by atoms with E-state index in [0.717, 1.165) is 53.7 Å². The van der Waals surface area contributed by atoms with Gasteiger partial charge in [0.25, 0.3) is 0 Å². The average Bonchev–Trinajstić information content (AvgIpc) is 2.72. The Bertz CT molecular complexity index is 905. The summed E-state index contributed by atoms with van der Waals surface area (Å²) in [5.41, 5.74) is 3.14. The summed E-state index contributed by atoms with van der Waals surface area (Å²) in [6.45, 7) is 8.97. The molecule has 2 atom stereocenters. The zero-order valence-electron chi connectivity index (χ0n) is 18.2. The number of hydrogen-bond donors (Lipinski definition) is 0. The van der Waals surface area contributed by atoms with Gasteiger partial charge in [-0.3, -0.25) is 4.79 Å². The number of fused-ring (bicyclic) bond motifs is 1. The van der Waals surface area contributed by atoms with Crippen molar-refractivity contribution < 1.29 is 14.3 Å². The van der Waals surface area contributed by atoms with E-state index >= 15 is 0 Å². The molecule has 2 aromatic rings. The molecule has 3 heterocycles. The smallest absolute Gasteiger partial charge is 0.227 e. The molecule has 0 N–H and O–H groups in total. The van der Waals surface area contributed by atoms with Gasteiger partial charge in [-0.2, -0.15) is 0 Å². The van der Waals surface area contributed by atoms with E-state index in [2.05, 4.69) is 23.7 Å². The van der Waals surface area contributed by atoms with Crippen LogP contribution in [0.2, 0.25) is 0 Å². The van der Waals surface area contributed by atoms with Gasteiger partial charge in [0.2, 0.25) is 5.91 Å². The van der Waals surface area contributed by atoms with E-state index in [0.29, 0.717) is 19.5 Å². The molecular weight excluding hydrogens is 380 g/mol. The minimum absolute atomic E-state index is 0.126. The highest BCUT2D eigenvalue weighted by Crippen LogP contribution is 2.29. The van der Waals surface area contributed by atoms with Gasteiger partial charge < -0.3 is 19.3 Å². The van der Waals surface area contributed by atoms with Crippen molar-refractivity contribution in [3.63, 3.8) is 0 Å². The summed E-state index contributed by atoms with van der Waals surface area (Å²) in [5.74, 6) is 2.67. The zero-order chi connectivity index (χ0) is 21.3. The van der Waals surface area contributed by atoms with Gasteiger partial charge in [0.15, 0.2) is 0 Å². The van der Waals surface area contributed by atoms with E-state index in [1.165, 1.54) is 0 Å². The second kappa shape index (κ2) is 8.60. The quantitative estimate of drug-likeness (QED) is 0.772. The minimum atomic E-state index is 0.126. The maximum atomic E-state index is 13.0. The first-order valence-electron chi connectivity index (χ1n) is 10.6. The Balaban J connectivity index is 1.54. The van der Waals surface area contributed by atoms with Crippen molar-refractivity contribution >= 4 is 11.7 Å². The summed E-state index contributed by atoms with van der Waals surface area (Å²) >= 11 is 0. The Morgan fingerprint density at radius 3 is 2.53 bits per heavy atom. The maximum absolute atomic E-state index is 13.0. The number of carbonyl (C=O) groups excluding carboxylic acids is 1. The van der Waals surface area contributed by atoms with Crippen LogP contribution >= 0.6 is 0 Å². The normalized spacial score (nSPS) is 21.3. The molecule has 30 heavy (non-hydrogen) atoms. The van der Waals surface area contributed by atoms with Gasteiger partial charge in [0, 0.05) is 31.6 Å². The summed E-state index contributed by atoms with van der Waals surface area (Å²) in [4.78, 5) is 26.7. The number of rotatable bonds is 4. The lowest BCUT2D eigenvalue weighted by molar-refractivity contribution is -0.131. The molecule has 0 spiro atoms. The van der Waals surface area contributed by atoms with Gasteiger partial charge in [-0.25, -0.2) is 9.97 Å². The standard InChI is InChI=1S/C23H30N4O3/c1-15-12-27(13-16(2)30-15)23-20-14-26(10-9-21(20)24-17(3)25-23)22(28)11-18-5-7-19(29-4)8-6-18/h5-8,15-16H,9-14H2,1-4H3/t15-,16-/m0/s1. The van der Waals surface area contributed by atoms with Gasteiger partial charge in [0.1, 0.15) is 17.4 Å². The lowest BCUT2D eigenvalue weighted by Gasteiger charge is -2.38. The average molecular weight is 411 g/mol. The van der Waals surface area contributed by atoms with Crippen LogP contribution in [0.5, 0.6) is 5.75 Å². The van der Waals surface area contributed by atoms with Crippen LogP contribution in [0.25, 0.3) is 0 Å². The summed E-state index contributed by atoms with van der Waals surface area (Å²) in [7, 11) is 1.64. The summed E-state index contributed by atoms with van der Waals surface area (Å²) in [6.07, 6.45) is 1.44. The molecule has 2 aliphatic heterocycles. The number of methoxy groups -OCH3 is 1. The molecule has 4 rings (SSSR count). The van der Waals surface area contributed by atoms with Crippen LogP contribution in [0.1, 0.15) is 36.5 Å². The third-order valence-corrected chi connectivity index (χ3v) is 5.74. The Morgan fingerprint density at radius 1 is 1.17 bits per heavy atom. The molecule has 0 bridgehead atoms. The zero-order valence-corrected chi connectivity index (χ0v) is 18.2. The lowest BCUT2D eigenvalue weighted by atomic mass is 10.0. The van der Waals surface area contributed by atoms with Crippen LogP contribution in [0, 0.1) is 6.92 Å². The number of hydrogen-bond acceptors (Lipinski definition) is 6. The van der Waals surface area contributed by atoms with Crippen molar-refractivity contribution in [2.75, 3.05) is 31.6 Å². The van der Waals surface area contributed by atoms with E-state index in [-0.39, 0.29) is 18.1 Å². The van der Waals surface area contributed by atoms with Crippen molar-refractivity contribution in [1.82, 2.24) is 14.9 Å². The fraction of sp³-hybridized carbons (Fsp3) is 0.522. The van der Waals surface area contributed by atoms with Crippen LogP contribution in [0.4, 0.5) is 5.82 Å².